The average molecular weight is 308 g/mol. The quantitative estimate of drug-likeness (QED) is 0.759. The highest BCUT2D eigenvalue weighted by molar-refractivity contribution is 5.93. The Bertz CT molecular complexity index is 629. The second-order valence-electron chi connectivity index (χ2n) is 4.67. The van der Waals surface area contributed by atoms with E-state index in [1.54, 1.807) is 7.05 Å². The van der Waals surface area contributed by atoms with Gasteiger partial charge in [0.1, 0.15) is 6.10 Å². The average Bonchev–Trinajstić information content (AvgIpc) is 2.96. The molecule has 0 aliphatic carbocycles. The van der Waals surface area contributed by atoms with Crippen LogP contribution in [0.1, 0.15) is 42.0 Å². The van der Waals surface area contributed by atoms with Gasteiger partial charge in [0.2, 0.25) is 11.8 Å². The third kappa shape index (κ3) is 3.85. The van der Waals surface area contributed by atoms with Crippen LogP contribution in [0.2, 0.25) is 0 Å². The summed E-state index contributed by atoms with van der Waals surface area (Å²) in [6, 6.07) is 2.51. The highest BCUT2D eigenvalue weighted by Crippen LogP contribution is 2.14. The van der Waals surface area contributed by atoms with Crippen molar-refractivity contribution < 1.29 is 18.4 Å². The van der Waals surface area contributed by atoms with E-state index in [0.717, 1.165) is 6.07 Å². The molecule has 0 aromatic carbocycles. The maximum atomic E-state index is 12.8. The number of amides is 1. The number of pyridine rings is 1. The Labute approximate surface area is 127 Å². The maximum absolute atomic E-state index is 12.8. The van der Waals surface area contributed by atoms with Crippen molar-refractivity contribution in [2.45, 2.75) is 26.5 Å². The summed E-state index contributed by atoms with van der Waals surface area (Å²) in [6.45, 7) is 4.38. The van der Waals surface area contributed by atoms with E-state index < -0.39 is 5.95 Å². The molecular formula is C14H17FN4O3. The number of hydrogen-bond donors (Lipinski definition) is 0. The number of carbonyl (C=O) groups excluding carboxylic acids is 1. The number of aromatic nitrogens is 3. The molecule has 1 atom stereocenters. The highest BCUT2D eigenvalue weighted by atomic mass is 19.1. The lowest BCUT2D eigenvalue weighted by molar-refractivity contribution is 0.0682. The summed E-state index contributed by atoms with van der Waals surface area (Å²) in [7, 11) is 1.58. The fourth-order valence-corrected chi connectivity index (χ4v) is 1.82. The number of rotatable bonds is 6. The number of ether oxygens (including phenoxy) is 1. The van der Waals surface area contributed by atoms with E-state index >= 15 is 0 Å². The normalized spacial score (nSPS) is 12.2. The molecule has 0 saturated heterocycles. The van der Waals surface area contributed by atoms with E-state index in [4.69, 9.17) is 9.26 Å². The zero-order valence-corrected chi connectivity index (χ0v) is 12.6. The molecule has 7 nitrogen and oxygen atoms in total. The molecule has 0 aliphatic rings. The lowest BCUT2D eigenvalue weighted by Gasteiger charge is -2.14. The van der Waals surface area contributed by atoms with Crippen LogP contribution in [0.4, 0.5) is 4.39 Å². The van der Waals surface area contributed by atoms with Crippen LogP contribution >= 0.6 is 0 Å². The first-order valence-corrected chi connectivity index (χ1v) is 6.82. The van der Waals surface area contributed by atoms with E-state index in [9.17, 15) is 9.18 Å². The summed E-state index contributed by atoms with van der Waals surface area (Å²) in [4.78, 5) is 21.2. The standard InChI is InChI=1S/C14H17FN4O3/c1-4-21-9(2)13-17-12(22-18-13)8-19(3)14(20)10-5-6-11(15)16-7-10/h5-7,9H,4,8H2,1-3H3/t9-/m0/s1. The molecule has 0 aliphatic heterocycles. The van der Waals surface area contributed by atoms with Crippen molar-refractivity contribution in [3.8, 4) is 0 Å². The topological polar surface area (TPSA) is 81.4 Å². The minimum atomic E-state index is -0.634. The van der Waals surface area contributed by atoms with E-state index in [2.05, 4.69) is 15.1 Å². The molecule has 0 unspecified atom stereocenters. The predicted molar refractivity (Wildman–Crippen MR) is 74.3 cm³/mol. The van der Waals surface area contributed by atoms with Crippen molar-refractivity contribution in [2.75, 3.05) is 13.7 Å². The molecule has 0 fully saturated rings. The van der Waals surface area contributed by atoms with Crippen LogP contribution in [-0.4, -0.2) is 39.6 Å². The third-order valence-corrected chi connectivity index (χ3v) is 2.96. The second kappa shape index (κ2) is 7.08. The van der Waals surface area contributed by atoms with Crippen LogP contribution in [0.5, 0.6) is 0 Å². The predicted octanol–water partition coefficient (Wildman–Crippen LogP) is 1.97. The highest BCUT2D eigenvalue weighted by Gasteiger charge is 2.18. The van der Waals surface area contributed by atoms with Crippen LogP contribution in [0.3, 0.4) is 0 Å². The van der Waals surface area contributed by atoms with Crippen LogP contribution in [0, 0.1) is 5.95 Å². The molecule has 0 N–H and O–H groups in total. The molecule has 2 heterocycles. The molecule has 0 spiro atoms. The first-order valence-electron chi connectivity index (χ1n) is 6.82. The number of hydrogen-bond acceptors (Lipinski definition) is 6. The van der Waals surface area contributed by atoms with E-state index in [1.165, 1.54) is 17.2 Å². The molecule has 1 amide bonds. The van der Waals surface area contributed by atoms with E-state index in [-0.39, 0.29) is 24.1 Å². The van der Waals surface area contributed by atoms with Gasteiger partial charge < -0.3 is 14.2 Å². The van der Waals surface area contributed by atoms with Crippen LogP contribution in [0.25, 0.3) is 0 Å². The van der Waals surface area contributed by atoms with Gasteiger partial charge in [-0.15, -0.1) is 0 Å². The SMILES string of the molecule is CCO[C@@H](C)c1noc(CN(C)C(=O)c2ccc(F)nc2)n1. The van der Waals surface area contributed by atoms with Crippen molar-refractivity contribution in [1.82, 2.24) is 20.0 Å². The number of carbonyl (C=O) groups is 1. The first-order chi connectivity index (χ1) is 10.5. The molecule has 0 saturated carbocycles. The van der Waals surface area contributed by atoms with Crippen molar-refractivity contribution in [3.63, 3.8) is 0 Å². The monoisotopic (exact) mass is 308 g/mol. The summed E-state index contributed by atoms with van der Waals surface area (Å²) >= 11 is 0. The Morgan fingerprint density at radius 2 is 2.27 bits per heavy atom. The van der Waals surface area contributed by atoms with Gasteiger partial charge in [-0.1, -0.05) is 5.16 Å². The molecule has 2 rings (SSSR count). The Kier molecular flexibility index (Phi) is 5.16. The van der Waals surface area contributed by atoms with E-state index in [0.29, 0.717) is 18.3 Å². The lowest BCUT2D eigenvalue weighted by atomic mass is 10.2. The summed E-state index contributed by atoms with van der Waals surface area (Å²) < 4.78 is 23.2. The van der Waals surface area contributed by atoms with Gasteiger partial charge in [0.15, 0.2) is 5.82 Å². The molecule has 0 radical (unpaired) electrons. The van der Waals surface area contributed by atoms with Crippen molar-refractivity contribution in [3.05, 3.63) is 41.6 Å². The Morgan fingerprint density at radius 1 is 1.50 bits per heavy atom. The zero-order valence-electron chi connectivity index (χ0n) is 12.6. The zero-order chi connectivity index (χ0) is 16.1. The Balaban J connectivity index is 2.01. The molecule has 22 heavy (non-hydrogen) atoms. The third-order valence-electron chi connectivity index (χ3n) is 2.96. The molecular weight excluding hydrogens is 291 g/mol. The molecule has 8 heteroatoms. The van der Waals surface area contributed by atoms with Crippen molar-refractivity contribution >= 4 is 5.91 Å². The van der Waals surface area contributed by atoms with Gasteiger partial charge in [-0.3, -0.25) is 4.79 Å². The Hall–Kier alpha value is -2.35. The summed E-state index contributed by atoms with van der Waals surface area (Å²) in [5, 5.41) is 3.82. The second-order valence-corrected chi connectivity index (χ2v) is 4.67. The first kappa shape index (κ1) is 16.0. The summed E-state index contributed by atoms with van der Waals surface area (Å²) in [5.74, 6) is -0.218. The van der Waals surface area contributed by atoms with Crippen molar-refractivity contribution in [2.24, 2.45) is 0 Å². The van der Waals surface area contributed by atoms with E-state index in [1.807, 2.05) is 13.8 Å². The van der Waals surface area contributed by atoms with Crippen LogP contribution < -0.4 is 0 Å². The van der Waals surface area contributed by atoms with Gasteiger partial charge in [0.25, 0.3) is 5.91 Å². The minimum Gasteiger partial charge on any atom is -0.371 e. The smallest absolute Gasteiger partial charge is 0.255 e. The largest absolute Gasteiger partial charge is 0.371 e. The summed E-state index contributed by atoms with van der Waals surface area (Å²) in [6.07, 6.45) is 0.912. The van der Waals surface area contributed by atoms with Crippen LogP contribution in [0.15, 0.2) is 22.9 Å². The molecule has 2 aromatic rings. The fourth-order valence-electron chi connectivity index (χ4n) is 1.82. The lowest BCUT2D eigenvalue weighted by Crippen LogP contribution is -2.26. The molecule has 118 valence electrons. The van der Waals surface area contributed by atoms with Gasteiger partial charge in [0, 0.05) is 19.9 Å². The summed E-state index contributed by atoms with van der Waals surface area (Å²) in [5.41, 5.74) is 0.284. The van der Waals surface area contributed by atoms with Gasteiger partial charge in [-0.25, -0.2) is 4.98 Å². The maximum Gasteiger partial charge on any atom is 0.255 e. The minimum absolute atomic E-state index is 0.141. The van der Waals surface area contributed by atoms with Gasteiger partial charge in [-0.05, 0) is 26.0 Å². The molecule has 0 bridgehead atoms. The number of nitrogens with zero attached hydrogens (tertiary/aromatic N) is 4. The van der Waals surface area contributed by atoms with Gasteiger partial charge in [0.05, 0.1) is 12.1 Å². The van der Waals surface area contributed by atoms with Gasteiger partial charge in [-0.2, -0.15) is 9.37 Å². The Morgan fingerprint density at radius 3 is 2.91 bits per heavy atom. The fraction of sp³-hybridized carbons (Fsp3) is 0.429. The molecule has 2 aromatic heterocycles. The van der Waals surface area contributed by atoms with Crippen LogP contribution in [-0.2, 0) is 11.3 Å². The number of halogens is 1. The van der Waals surface area contributed by atoms with Crippen molar-refractivity contribution in [1.29, 1.82) is 0 Å². The van der Waals surface area contributed by atoms with Gasteiger partial charge >= 0.3 is 0 Å².